The van der Waals surface area contributed by atoms with Gasteiger partial charge in [-0.1, -0.05) is 11.6 Å². The van der Waals surface area contributed by atoms with Gasteiger partial charge < -0.3 is 10.4 Å². The molecule has 1 unspecified atom stereocenters. The molecule has 2 aromatic rings. The highest BCUT2D eigenvalue weighted by Crippen LogP contribution is 2.36. The van der Waals surface area contributed by atoms with E-state index in [4.69, 9.17) is 11.6 Å². The molecule has 3 rings (SSSR count). The summed E-state index contributed by atoms with van der Waals surface area (Å²) in [6.07, 6.45) is 0.933. The second-order valence-corrected chi connectivity index (χ2v) is 6.60. The zero-order chi connectivity index (χ0) is 14.8. The molecule has 2 N–H and O–H groups in total. The fourth-order valence-corrected chi connectivity index (χ4v) is 3.81. The molecule has 1 aliphatic rings. The summed E-state index contributed by atoms with van der Waals surface area (Å²) < 4.78 is 13.5. The Morgan fingerprint density at radius 2 is 2.14 bits per heavy atom. The predicted molar refractivity (Wildman–Crippen MR) is 84.4 cm³/mol. The predicted octanol–water partition coefficient (Wildman–Crippen LogP) is 4.51. The van der Waals surface area contributed by atoms with Crippen LogP contribution in [-0.2, 0) is 6.54 Å². The third kappa shape index (κ3) is 3.34. The van der Waals surface area contributed by atoms with Crippen LogP contribution in [-0.4, -0.2) is 10.9 Å². The van der Waals surface area contributed by atoms with E-state index in [0.29, 0.717) is 11.6 Å². The minimum Gasteiger partial charge on any atom is -0.508 e. The number of fused-ring (bicyclic) bond motifs is 1. The largest absolute Gasteiger partial charge is 0.508 e. The second kappa shape index (κ2) is 6.26. The van der Waals surface area contributed by atoms with Crippen molar-refractivity contribution >= 4 is 23.4 Å². The summed E-state index contributed by atoms with van der Waals surface area (Å²) in [7, 11) is 0. The van der Waals surface area contributed by atoms with Crippen LogP contribution in [0.25, 0.3) is 0 Å². The van der Waals surface area contributed by atoms with Gasteiger partial charge in [-0.05, 0) is 54.1 Å². The molecule has 2 aromatic carbocycles. The molecule has 0 spiro atoms. The zero-order valence-corrected chi connectivity index (χ0v) is 12.8. The van der Waals surface area contributed by atoms with Gasteiger partial charge in [0.05, 0.1) is 0 Å². The maximum absolute atomic E-state index is 13.5. The van der Waals surface area contributed by atoms with Crippen LogP contribution >= 0.6 is 23.4 Å². The molecule has 0 saturated carbocycles. The molecule has 0 aromatic heterocycles. The van der Waals surface area contributed by atoms with Crippen LogP contribution < -0.4 is 5.32 Å². The van der Waals surface area contributed by atoms with E-state index >= 15 is 0 Å². The third-order valence-electron chi connectivity index (χ3n) is 3.59. The lowest BCUT2D eigenvalue weighted by atomic mass is 10.0. The first-order valence-corrected chi connectivity index (χ1v) is 8.13. The summed E-state index contributed by atoms with van der Waals surface area (Å²) in [5.41, 5.74) is 1.74. The number of phenolic OH excluding ortho intramolecular Hbond substituents is 1. The van der Waals surface area contributed by atoms with E-state index in [1.165, 1.54) is 6.07 Å². The summed E-state index contributed by atoms with van der Waals surface area (Å²) in [5.74, 6) is 1.00. The molecule has 1 heterocycles. The summed E-state index contributed by atoms with van der Waals surface area (Å²) >= 11 is 7.70. The first-order chi connectivity index (χ1) is 10.1. The highest BCUT2D eigenvalue weighted by molar-refractivity contribution is 7.99. The van der Waals surface area contributed by atoms with E-state index in [1.807, 2.05) is 6.07 Å². The van der Waals surface area contributed by atoms with Gasteiger partial charge >= 0.3 is 0 Å². The highest BCUT2D eigenvalue weighted by atomic mass is 35.5. The summed E-state index contributed by atoms with van der Waals surface area (Å²) in [6.45, 7) is 0.498. The monoisotopic (exact) mass is 323 g/mol. The number of hydrogen-bond acceptors (Lipinski definition) is 3. The summed E-state index contributed by atoms with van der Waals surface area (Å²) in [5, 5.41) is 13.8. The van der Waals surface area contributed by atoms with E-state index in [1.54, 1.807) is 36.0 Å². The van der Waals surface area contributed by atoms with Crippen LogP contribution in [0.5, 0.6) is 5.75 Å². The van der Waals surface area contributed by atoms with Gasteiger partial charge in [-0.3, -0.25) is 0 Å². The van der Waals surface area contributed by atoms with Crippen LogP contribution in [0.4, 0.5) is 4.39 Å². The Labute approximate surface area is 132 Å². The fraction of sp³-hybridized carbons (Fsp3) is 0.250. The van der Waals surface area contributed by atoms with Gasteiger partial charge in [-0.2, -0.15) is 0 Å². The lowest BCUT2D eigenvalue weighted by molar-refractivity contribution is 0.453. The van der Waals surface area contributed by atoms with Crippen molar-refractivity contribution in [3.8, 4) is 5.75 Å². The van der Waals surface area contributed by atoms with Gasteiger partial charge in [0.15, 0.2) is 0 Å². The summed E-state index contributed by atoms with van der Waals surface area (Å²) in [6, 6.07) is 10.0. The Hall–Kier alpha value is -1.23. The molecular weight excluding hydrogens is 309 g/mol. The van der Waals surface area contributed by atoms with Crippen LogP contribution in [0.15, 0.2) is 41.3 Å². The molecule has 0 saturated heterocycles. The molecule has 0 bridgehead atoms. The van der Waals surface area contributed by atoms with Crippen LogP contribution in [0.2, 0.25) is 5.02 Å². The number of halogens is 2. The number of rotatable bonds is 3. The van der Waals surface area contributed by atoms with Gasteiger partial charge in [-0.25, -0.2) is 4.39 Å². The molecule has 110 valence electrons. The quantitative estimate of drug-likeness (QED) is 0.871. The van der Waals surface area contributed by atoms with E-state index in [9.17, 15) is 9.50 Å². The lowest BCUT2D eigenvalue weighted by Crippen LogP contribution is -2.24. The normalized spacial score (nSPS) is 17.5. The number of phenols is 1. The average Bonchev–Trinajstić information content (AvgIpc) is 2.48. The van der Waals surface area contributed by atoms with Crippen molar-refractivity contribution in [1.29, 1.82) is 0 Å². The van der Waals surface area contributed by atoms with Crippen LogP contribution in [0, 0.1) is 5.82 Å². The maximum Gasteiger partial charge on any atom is 0.123 e. The van der Waals surface area contributed by atoms with Crippen molar-refractivity contribution in [1.82, 2.24) is 5.32 Å². The van der Waals surface area contributed by atoms with Gasteiger partial charge in [-0.15, -0.1) is 11.8 Å². The van der Waals surface area contributed by atoms with E-state index in [0.717, 1.165) is 28.2 Å². The smallest absolute Gasteiger partial charge is 0.123 e. The van der Waals surface area contributed by atoms with Gasteiger partial charge in [0.1, 0.15) is 11.6 Å². The molecule has 0 aliphatic carbocycles. The van der Waals surface area contributed by atoms with Gasteiger partial charge in [0.25, 0.3) is 0 Å². The van der Waals surface area contributed by atoms with Crippen LogP contribution in [0.3, 0.4) is 0 Å². The van der Waals surface area contributed by atoms with Crippen molar-refractivity contribution in [2.45, 2.75) is 23.9 Å². The minimum atomic E-state index is -0.214. The Morgan fingerprint density at radius 1 is 1.29 bits per heavy atom. The number of nitrogens with one attached hydrogen (secondary N) is 1. The van der Waals surface area contributed by atoms with E-state index in [-0.39, 0.29) is 17.6 Å². The molecule has 0 amide bonds. The van der Waals surface area contributed by atoms with E-state index in [2.05, 4.69) is 5.32 Å². The maximum atomic E-state index is 13.5. The molecule has 21 heavy (non-hydrogen) atoms. The highest BCUT2D eigenvalue weighted by Gasteiger charge is 2.21. The third-order valence-corrected chi connectivity index (χ3v) is 4.95. The van der Waals surface area contributed by atoms with E-state index < -0.39 is 0 Å². The standard InChI is InChI=1S/C16H15ClFNOS/c17-11-1-3-15(20)10(7-11)9-19-14-5-6-21-16-4-2-12(18)8-13(14)16/h1-4,7-8,14,19-20H,5-6,9H2. The molecule has 1 aliphatic heterocycles. The Kier molecular flexibility index (Phi) is 4.38. The molecule has 1 atom stereocenters. The molecule has 0 fully saturated rings. The first kappa shape index (κ1) is 14.7. The Morgan fingerprint density at radius 3 is 3.00 bits per heavy atom. The topological polar surface area (TPSA) is 32.3 Å². The van der Waals surface area contributed by atoms with Crippen molar-refractivity contribution in [3.05, 3.63) is 58.4 Å². The zero-order valence-electron chi connectivity index (χ0n) is 11.3. The minimum absolute atomic E-state index is 0.0929. The first-order valence-electron chi connectivity index (χ1n) is 6.76. The second-order valence-electron chi connectivity index (χ2n) is 5.03. The van der Waals surface area contributed by atoms with Crippen molar-refractivity contribution in [3.63, 3.8) is 0 Å². The SMILES string of the molecule is Oc1ccc(Cl)cc1CNC1CCSc2ccc(F)cc21. The van der Waals surface area contributed by atoms with Crippen molar-refractivity contribution < 1.29 is 9.50 Å². The molecule has 2 nitrogen and oxygen atoms in total. The number of benzene rings is 2. The fourth-order valence-electron chi connectivity index (χ4n) is 2.51. The van der Waals surface area contributed by atoms with Crippen molar-refractivity contribution in [2.75, 3.05) is 5.75 Å². The van der Waals surface area contributed by atoms with Crippen LogP contribution in [0.1, 0.15) is 23.6 Å². The van der Waals surface area contributed by atoms with Gasteiger partial charge in [0.2, 0.25) is 0 Å². The number of hydrogen-bond donors (Lipinski definition) is 2. The summed E-state index contributed by atoms with van der Waals surface area (Å²) in [4.78, 5) is 1.12. The Balaban J connectivity index is 1.78. The Bertz CT molecular complexity index is 665. The van der Waals surface area contributed by atoms with Crippen molar-refractivity contribution in [2.24, 2.45) is 0 Å². The molecular formula is C16H15ClFNOS. The van der Waals surface area contributed by atoms with Gasteiger partial charge in [0, 0.05) is 28.1 Å². The molecule has 0 radical (unpaired) electrons. The number of thioether (sulfide) groups is 1. The lowest BCUT2D eigenvalue weighted by Gasteiger charge is -2.26. The molecule has 5 heteroatoms. The average molecular weight is 324 g/mol. The number of aromatic hydroxyl groups is 1.